The van der Waals surface area contributed by atoms with Gasteiger partial charge in [-0.05, 0) is 31.2 Å². The molecule has 164 valence electrons. The number of nitrogens with one attached hydrogen (secondary N) is 1. The molecule has 0 bridgehead atoms. The zero-order valence-corrected chi connectivity index (χ0v) is 17.2. The highest BCUT2D eigenvalue weighted by Gasteiger charge is 2.34. The quantitative estimate of drug-likeness (QED) is 0.707. The third-order valence-electron chi connectivity index (χ3n) is 4.60. The molecule has 2 aromatic rings. The Balaban J connectivity index is 1.58. The van der Waals surface area contributed by atoms with Crippen LogP contribution in [-0.2, 0) is 10.0 Å². The highest BCUT2D eigenvalue weighted by Crippen LogP contribution is 2.29. The van der Waals surface area contributed by atoms with Crippen LogP contribution in [0.15, 0.2) is 53.6 Å². The molecular formula is C19H23F3N4O3S. The first kappa shape index (κ1) is 22.3. The molecule has 1 unspecified atom stereocenters. The first-order valence-electron chi connectivity index (χ1n) is 9.39. The van der Waals surface area contributed by atoms with Crippen LogP contribution in [0.5, 0.6) is 5.75 Å². The topological polar surface area (TPSA) is 74.8 Å². The molecule has 1 aliphatic rings. The Morgan fingerprint density at radius 1 is 1.10 bits per heavy atom. The van der Waals surface area contributed by atoms with E-state index < -0.39 is 33.1 Å². The Labute approximate surface area is 173 Å². The molecular weight excluding hydrogens is 421 g/mol. The minimum Gasteiger partial charge on any atom is -0.404 e. The summed E-state index contributed by atoms with van der Waals surface area (Å²) in [7, 11) is -4.19. The standard InChI is InChI=1S/C19H23F3N4O3S/c1-15(14-25-10-12-26(13-11-25)18-8-4-5-9-23-18)24-30(27,28)17-7-3-2-6-16(17)29-19(20,21)22/h2-9,15,24H,10-14H2,1H3. The van der Waals surface area contributed by atoms with E-state index in [9.17, 15) is 21.6 Å². The second kappa shape index (κ2) is 9.19. The van der Waals surface area contributed by atoms with Gasteiger partial charge >= 0.3 is 6.36 Å². The number of para-hydroxylation sites is 1. The number of nitrogens with zero attached hydrogens (tertiary/aromatic N) is 3. The van der Waals surface area contributed by atoms with Crippen LogP contribution >= 0.6 is 0 Å². The lowest BCUT2D eigenvalue weighted by Crippen LogP contribution is -2.51. The minimum atomic E-state index is -4.98. The van der Waals surface area contributed by atoms with Crippen molar-refractivity contribution in [3.63, 3.8) is 0 Å². The number of ether oxygens (including phenoxy) is 1. The van der Waals surface area contributed by atoms with Crippen molar-refractivity contribution < 1.29 is 26.3 Å². The van der Waals surface area contributed by atoms with Crippen LogP contribution in [-0.4, -0.2) is 63.4 Å². The maximum Gasteiger partial charge on any atom is 0.573 e. The molecule has 11 heteroatoms. The van der Waals surface area contributed by atoms with Crippen molar-refractivity contribution >= 4 is 15.8 Å². The van der Waals surface area contributed by atoms with E-state index >= 15 is 0 Å². The summed E-state index contributed by atoms with van der Waals surface area (Å²) >= 11 is 0. The van der Waals surface area contributed by atoms with Gasteiger partial charge in [0, 0.05) is 45.0 Å². The number of alkyl halides is 3. The predicted molar refractivity (Wildman–Crippen MR) is 106 cm³/mol. The van der Waals surface area contributed by atoms with Crippen molar-refractivity contribution in [2.24, 2.45) is 0 Å². The summed E-state index contributed by atoms with van der Waals surface area (Å²) < 4.78 is 69.3. The lowest BCUT2D eigenvalue weighted by atomic mass is 10.2. The van der Waals surface area contributed by atoms with E-state index in [2.05, 4.69) is 24.2 Å². The molecule has 30 heavy (non-hydrogen) atoms. The average molecular weight is 444 g/mol. The van der Waals surface area contributed by atoms with Crippen LogP contribution in [0, 0.1) is 0 Å². The monoisotopic (exact) mass is 444 g/mol. The van der Waals surface area contributed by atoms with E-state index in [0.717, 1.165) is 44.1 Å². The SMILES string of the molecule is CC(CN1CCN(c2ccccn2)CC1)NS(=O)(=O)c1ccccc1OC(F)(F)F. The van der Waals surface area contributed by atoms with Crippen molar-refractivity contribution in [1.82, 2.24) is 14.6 Å². The van der Waals surface area contributed by atoms with Crippen molar-refractivity contribution in [1.29, 1.82) is 0 Å². The minimum absolute atomic E-state index is 0.428. The molecule has 0 amide bonds. The van der Waals surface area contributed by atoms with E-state index in [1.54, 1.807) is 13.1 Å². The first-order chi connectivity index (χ1) is 14.1. The molecule has 1 aromatic carbocycles. The number of anilines is 1. The third kappa shape index (κ3) is 6.07. The zero-order chi connectivity index (χ0) is 21.8. The van der Waals surface area contributed by atoms with Gasteiger partial charge in [0.25, 0.3) is 0 Å². The van der Waals surface area contributed by atoms with Gasteiger partial charge in [0.15, 0.2) is 0 Å². The maximum absolute atomic E-state index is 12.6. The van der Waals surface area contributed by atoms with Gasteiger partial charge in [0.1, 0.15) is 16.5 Å². The number of hydrogen-bond donors (Lipinski definition) is 1. The van der Waals surface area contributed by atoms with E-state index in [0.29, 0.717) is 6.54 Å². The number of benzene rings is 1. The van der Waals surface area contributed by atoms with Gasteiger partial charge in [-0.25, -0.2) is 18.1 Å². The van der Waals surface area contributed by atoms with Gasteiger partial charge in [-0.1, -0.05) is 18.2 Å². The molecule has 0 saturated carbocycles. The molecule has 0 aliphatic carbocycles. The van der Waals surface area contributed by atoms with Crippen LogP contribution < -0.4 is 14.4 Å². The van der Waals surface area contributed by atoms with E-state index in [4.69, 9.17) is 0 Å². The number of rotatable bonds is 7. The molecule has 1 N–H and O–H groups in total. The Bertz CT molecular complexity index is 934. The molecule has 3 rings (SSSR count). The van der Waals surface area contributed by atoms with Crippen LogP contribution in [0.3, 0.4) is 0 Å². The molecule has 0 radical (unpaired) electrons. The van der Waals surface area contributed by atoms with Crippen LogP contribution in [0.2, 0.25) is 0 Å². The Kier molecular flexibility index (Phi) is 6.84. The van der Waals surface area contributed by atoms with Crippen molar-refractivity contribution in [3.8, 4) is 5.75 Å². The van der Waals surface area contributed by atoms with Gasteiger partial charge in [-0.2, -0.15) is 0 Å². The summed E-state index contributed by atoms with van der Waals surface area (Å²) in [5, 5.41) is 0. The fraction of sp³-hybridized carbons (Fsp3) is 0.421. The second-order valence-corrected chi connectivity index (χ2v) is 8.67. The summed E-state index contributed by atoms with van der Waals surface area (Å²) in [6.45, 7) is 5.04. The molecule has 1 aromatic heterocycles. The van der Waals surface area contributed by atoms with E-state index in [-0.39, 0.29) is 0 Å². The summed E-state index contributed by atoms with van der Waals surface area (Å²) in [6.07, 6.45) is -3.25. The molecule has 1 atom stereocenters. The number of pyridine rings is 1. The number of aromatic nitrogens is 1. The molecule has 1 aliphatic heterocycles. The normalized spacial score (nSPS) is 17.0. The number of hydrogen-bond acceptors (Lipinski definition) is 6. The summed E-state index contributed by atoms with van der Waals surface area (Å²) in [6, 6.07) is 9.90. The number of sulfonamides is 1. The lowest BCUT2D eigenvalue weighted by molar-refractivity contribution is -0.275. The zero-order valence-electron chi connectivity index (χ0n) is 16.3. The average Bonchev–Trinajstić information content (AvgIpc) is 2.68. The van der Waals surface area contributed by atoms with Gasteiger partial charge < -0.3 is 9.64 Å². The lowest BCUT2D eigenvalue weighted by Gasteiger charge is -2.36. The van der Waals surface area contributed by atoms with Gasteiger partial charge in [-0.3, -0.25) is 4.90 Å². The summed E-state index contributed by atoms with van der Waals surface area (Å²) in [5.41, 5.74) is 0. The maximum atomic E-state index is 12.6. The summed E-state index contributed by atoms with van der Waals surface area (Å²) in [4.78, 5) is 8.03. The molecule has 2 heterocycles. The molecule has 1 saturated heterocycles. The molecule has 0 spiro atoms. The predicted octanol–water partition coefficient (Wildman–Crippen LogP) is 2.47. The fourth-order valence-corrected chi connectivity index (χ4v) is 4.70. The van der Waals surface area contributed by atoms with E-state index in [1.807, 2.05) is 18.2 Å². The van der Waals surface area contributed by atoms with Crippen molar-refractivity contribution in [2.45, 2.75) is 24.2 Å². The first-order valence-corrected chi connectivity index (χ1v) is 10.9. The van der Waals surface area contributed by atoms with Crippen LogP contribution in [0.1, 0.15) is 6.92 Å². The second-order valence-electron chi connectivity index (χ2n) is 6.99. The van der Waals surface area contributed by atoms with Gasteiger partial charge in [0.05, 0.1) is 0 Å². The highest BCUT2D eigenvalue weighted by molar-refractivity contribution is 7.89. The third-order valence-corrected chi connectivity index (χ3v) is 6.23. The smallest absolute Gasteiger partial charge is 0.404 e. The Morgan fingerprint density at radius 2 is 1.77 bits per heavy atom. The summed E-state index contributed by atoms with van der Waals surface area (Å²) in [5.74, 6) is 0.140. The largest absolute Gasteiger partial charge is 0.573 e. The van der Waals surface area contributed by atoms with Gasteiger partial charge in [0.2, 0.25) is 10.0 Å². The Morgan fingerprint density at radius 3 is 2.40 bits per heavy atom. The molecule has 7 nitrogen and oxygen atoms in total. The number of halogens is 3. The van der Waals surface area contributed by atoms with E-state index in [1.165, 1.54) is 12.1 Å². The van der Waals surface area contributed by atoms with Crippen LogP contribution in [0.4, 0.5) is 19.0 Å². The highest BCUT2D eigenvalue weighted by atomic mass is 32.2. The molecule has 1 fully saturated rings. The van der Waals surface area contributed by atoms with Crippen molar-refractivity contribution in [3.05, 3.63) is 48.7 Å². The van der Waals surface area contributed by atoms with Crippen LogP contribution in [0.25, 0.3) is 0 Å². The van der Waals surface area contributed by atoms with Gasteiger partial charge in [-0.15, -0.1) is 13.2 Å². The Hall–Kier alpha value is -2.37. The fourth-order valence-electron chi connectivity index (χ4n) is 3.33. The van der Waals surface area contributed by atoms with Crippen molar-refractivity contribution in [2.75, 3.05) is 37.6 Å². The number of piperazine rings is 1.